The molecule has 0 bridgehead atoms. The van der Waals surface area contributed by atoms with Gasteiger partial charge < -0.3 is 10.1 Å². The quantitative estimate of drug-likeness (QED) is 0.877. The first-order valence-electron chi connectivity index (χ1n) is 6.16. The monoisotopic (exact) mass is 258 g/mol. The molecule has 98 valence electrons. The van der Waals surface area contributed by atoms with Gasteiger partial charge in [-0.2, -0.15) is 0 Å². The van der Waals surface area contributed by atoms with Gasteiger partial charge in [0.1, 0.15) is 0 Å². The van der Waals surface area contributed by atoms with Crippen LogP contribution in [0.15, 0.2) is 35.3 Å². The van der Waals surface area contributed by atoms with E-state index in [0.717, 1.165) is 11.3 Å². The van der Waals surface area contributed by atoms with Gasteiger partial charge in [0, 0.05) is 11.9 Å². The molecule has 1 heterocycles. The van der Waals surface area contributed by atoms with Crippen LogP contribution < -0.4 is 5.69 Å². The predicted molar refractivity (Wildman–Crippen MR) is 69.7 cm³/mol. The molecule has 1 fully saturated rings. The van der Waals surface area contributed by atoms with Crippen LogP contribution >= 0.6 is 0 Å². The number of hydrogen-bond donors (Lipinski definition) is 2. The van der Waals surface area contributed by atoms with Crippen molar-refractivity contribution in [3.63, 3.8) is 0 Å². The van der Waals surface area contributed by atoms with E-state index >= 15 is 0 Å². The fourth-order valence-electron chi connectivity index (χ4n) is 2.47. The average molecular weight is 258 g/mol. The molecule has 19 heavy (non-hydrogen) atoms. The van der Waals surface area contributed by atoms with E-state index in [1.54, 1.807) is 22.9 Å². The smallest absolute Gasteiger partial charge is 0.330 e. The Morgan fingerprint density at radius 2 is 2.16 bits per heavy atom. The Morgan fingerprint density at radius 3 is 2.68 bits per heavy atom. The Hall–Kier alpha value is -2.30. The third-order valence-electron chi connectivity index (χ3n) is 3.78. The summed E-state index contributed by atoms with van der Waals surface area (Å²) in [5.74, 6) is -0.789. The second-order valence-corrected chi connectivity index (χ2v) is 5.01. The van der Waals surface area contributed by atoms with Crippen molar-refractivity contribution < 1.29 is 9.90 Å². The molecule has 2 N–H and O–H groups in total. The van der Waals surface area contributed by atoms with Crippen molar-refractivity contribution in [1.29, 1.82) is 0 Å². The van der Waals surface area contributed by atoms with E-state index < -0.39 is 11.4 Å². The molecule has 0 atom stereocenters. The number of aromatic amines is 1. The summed E-state index contributed by atoms with van der Waals surface area (Å²) < 4.78 is 1.54. The molecule has 3 rings (SSSR count). The topological polar surface area (TPSA) is 75.1 Å². The van der Waals surface area contributed by atoms with Crippen LogP contribution in [-0.2, 0) is 10.2 Å². The summed E-state index contributed by atoms with van der Waals surface area (Å²) >= 11 is 0. The maximum absolute atomic E-state index is 11.7. The number of imidazole rings is 1. The zero-order valence-corrected chi connectivity index (χ0v) is 10.5. The number of H-pyrrole nitrogens is 1. The third-order valence-corrected chi connectivity index (χ3v) is 3.78. The van der Waals surface area contributed by atoms with Crippen molar-refractivity contribution in [3.05, 3.63) is 52.2 Å². The lowest BCUT2D eigenvalue weighted by Crippen LogP contribution is -2.21. The minimum Gasteiger partial charge on any atom is -0.481 e. The summed E-state index contributed by atoms with van der Waals surface area (Å²) in [4.78, 5) is 25.7. The molecule has 0 spiro atoms. The Bertz CT molecular complexity index is 707. The van der Waals surface area contributed by atoms with Crippen LogP contribution in [0.25, 0.3) is 5.69 Å². The molecule has 0 saturated heterocycles. The van der Waals surface area contributed by atoms with Gasteiger partial charge in [-0.05, 0) is 37.5 Å². The summed E-state index contributed by atoms with van der Waals surface area (Å²) in [5.41, 5.74) is 1.31. The van der Waals surface area contributed by atoms with Crippen LogP contribution in [0.4, 0.5) is 0 Å². The molecule has 0 aliphatic heterocycles. The van der Waals surface area contributed by atoms with Gasteiger partial charge in [-0.1, -0.05) is 12.1 Å². The van der Waals surface area contributed by atoms with E-state index in [0.29, 0.717) is 18.5 Å². The van der Waals surface area contributed by atoms with Crippen LogP contribution in [0.3, 0.4) is 0 Å². The molecule has 2 aromatic rings. The van der Waals surface area contributed by atoms with Gasteiger partial charge >= 0.3 is 11.7 Å². The predicted octanol–water partition coefficient (Wildman–Crippen LogP) is 1.59. The minimum atomic E-state index is -0.789. The van der Waals surface area contributed by atoms with E-state index in [-0.39, 0.29) is 5.69 Å². The lowest BCUT2D eigenvalue weighted by atomic mass is 9.96. The maximum Gasteiger partial charge on any atom is 0.330 e. The van der Waals surface area contributed by atoms with Crippen LogP contribution in [0.2, 0.25) is 0 Å². The SMILES string of the molecule is Cc1c[nH]c(=O)n1-c1cccc(C2(C(=O)O)CC2)c1. The molecule has 1 aliphatic rings. The number of aromatic nitrogens is 2. The molecule has 5 nitrogen and oxygen atoms in total. The number of aryl methyl sites for hydroxylation is 1. The lowest BCUT2D eigenvalue weighted by Gasteiger charge is -2.12. The normalized spacial score (nSPS) is 16.3. The van der Waals surface area contributed by atoms with E-state index in [1.807, 2.05) is 19.1 Å². The molecule has 1 aromatic heterocycles. The first-order valence-corrected chi connectivity index (χ1v) is 6.16. The van der Waals surface area contributed by atoms with E-state index in [2.05, 4.69) is 4.98 Å². The van der Waals surface area contributed by atoms with Gasteiger partial charge in [0.05, 0.1) is 11.1 Å². The number of aliphatic carboxylic acids is 1. The fraction of sp³-hybridized carbons (Fsp3) is 0.286. The highest BCUT2D eigenvalue weighted by molar-refractivity contribution is 5.85. The second kappa shape index (κ2) is 3.85. The van der Waals surface area contributed by atoms with Crippen LogP contribution in [0, 0.1) is 6.92 Å². The molecular weight excluding hydrogens is 244 g/mol. The van der Waals surface area contributed by atoms with Crippen LogP contribution in [0.5, 0.6) is 0 Å². The summed E-state index contributed by atoms with van der Waals surface area (Å²) in [6.07, 6.45) is 2.96. The van der Waals surface area contributed by atoms with E-state index in [4.69, 9.17) is 0 Å². The van der Waals surface area contributed by atoms with E-state index in [9.17, 15) is 14.7 Å². The highest BCUT2D eigenvalue weighted by atomic mass is 16.4. The molecule has 1 saturated carbocycles. The first-order chi connectivity index (χ1) is 9.04. The average Bonchev–Trinajstić information content (AvgIpc) is 3.13. The lowest BCUT2D eigenvalue weighted by molar-refractivity contribution is -0.140. The van der Waals surface area contributed by atoms with Gasteiger partial charge in [0.2, 0.25) is 0 Å². The van der Waals surface area contributed by atoms with Crippen molar-refractivity contribution in [2.24, 2.45) is 0 Å². The summed E-state index contributed by atoms with van der Waals surface area (Å²) in [6.45, 7) is 1.83. The van der Waals surface area contributed by atoms with Crippen molar-refractivity contribution in [2.45, 2.75) is 25.2 Å². The number of carboxylic acids is 1. The number of carboxylic acid groups (broad SMARTS) is 1. The molecule has 1 aromatic carbocycles. The molecular formula is C14H14N2O3. The van der Waals surface area contributed by atoms with Crippen molar-refractivity contribution >= 4 is 5.97 Å². The minimum absolute atomic E-state index is 0.213. The van der Waals surface area contributed by atoms with Gasteiger partial charge in [0.15, 0.2) is 0 Å². The summed E-state index contributed by atoms with van der Waals surface area (Å²) in [6, 6.07) is 7.22. The molecule has 5 heteroatoms. The van der Waals surface area contributed by atoms with E-state index in [1.165, 1.54) is 0 Å². The van der Waals surface area contributed by atoms with Crippen molar-refractivity contribution in [3.8, 4) is 5.69 Å². The molecule has 1 aliphatic carbocycles. The number of rotatable bonds is 3. The van der Waals surface area contributed by atoms with Crippen LogP contribution in [0.1, 0.15) is 24.1 Å². The van der Waals surface area contributed by atoms with Gasteiger partial charge in [-0.25, -0.2) is 4.79 Å². The first kappa shape index (κ1) is 11.8. The molecule has 0 unspecified atom stereocenters. The molecule has 0 amide bonds. The third kappa shape index (κ3) is 1.69. The Balaban J connectivity index is 2.12. The largest absolute Gasteiger partial charge is 0.481 e. The molecule has 0 radical (unpaired) electrons. The second-order valence-electron chi connectivity index (χ2n) is 5.01. The number of nitrogens with zero attached hydrogens (tertiary/aromatic N) is 1. The highest BCUT2D eigenvalue weighted by Crippen LogP contribution is 2.48. The van der Waals surface area contributed by atoms with Crippen LogP contribution in [-0.4, -0.2) is 20.6 Å². The Labute approximate surface area is 109 Å². The zero-order chi connectivity index (χ0) is 13.6. The summed E-state index contributed by atoms with van der Waals surface area (Å²) in [5, 5.41) is 9.31. The standard InChI is InChI=1S/C14H14N2O3/c1-9-8-15-13(19)16(9)11-4-2-3-10(7-11)14(5-6-14)12(17)18/h2-4,7-8H,5-6H2,1H3,(H,15,19)(H,17,18). The van der Waals surface area contributed by atoms with Gasteiger partial charge in [-0.3, -0.25) is 9.36 Å². The number of carbonyl (C=O) groups is 1. The number of nitrogens with one attached hydrogen (secondary N) is 1. The Kier molecular flexibility index (Phi) is 2.38. The van der Waals surface area contributed by atoms with Gasteiger partial charge in [0.25, 0.3) is 0 Å². The zero-order valence-electron chi connectivity index (χ0n) is 10.5. The fourth-order valence-corrected chi connectivity index (χ4v) is 2.47. The van der Waals surface area contributed by atoms with Crippen molar-refractivity contribution in [1.82, 2.24) is 9.55 Å². The number of benzene rings is 1. The number of hydrogen-bond acceptors (Lipinski definition) is 2. The summed E-state index contributed by atoms with van der Waals surface area (Å²) in [7, 11) is 0. The highest BCUT2D eigenvalue weighted by Gasteiger charge is 2.51. The van der Waals surface area contributed by atoms with Gasteiger partial charge in [-0.15, -0.1) is 0 Å². The maximum atomic E-state index is 11.7. The van der Waals surface area contributed by atoms with Crippen molar-refractivity contribution in [2.75, 3.05) is 0 Å². The Morgan fingerprint density at radius 1 is 1.42 bits per heavy atom.